The molecule has 1 amide bonds. The number of primary amides is 1. The van der Waals surface area contributed by atoms with Gasteiger partial charge >= 0.3 is 0 Å². The van der Waals surface area contributed by atoms with Gasteiger partial charge in [-0.2, -0.15) is 0 Å². The monoisotopic (exact) mass is 265 g/mol. The van der Waals surface area contributed by atoms with E-state index in [1.165, 1.54) is 38.6 Å². The van der Waals surface area contributed by atoms with Crippen LogP contribution in [0.4, 0.5) is 0 Å². The Morgan fingerprint density at radius 1 is 1.37 bits per heavy atom. The van der Waals surface area contributed by atoms with E-state index in [0.29, 0.717) is 6.04 Å². The number of rotatable bonds is 7. The van der Waals surface area contributed by atoms with Crippen LogP contribution in [-0.2, 0) is 4.79 Å². The van der Waals surface area contributed by atoms with Gasteiger partial charge in [-0.25, -0.2) is 0 Å². The Morgan fingerprint density at radius 3 is 2.68 bits per heavy atom. The Morgan fingerprint density at radius 2 is 2.16 bits per heavy atom. The van der Waals surface area contributed by atoms with Crippen molar-refractivity contribution in [3.8, 4) is 0 Å². The minimum absolute atomic E-state index is 0.192. The number of nitrogens with two attached hydrogens (primary N) is 1. The maximum atomic E-state index is 11.7. The third-order valence-electron chi connectivity index (χ3n) is 5.29. The summed E-state index contributed by atoms with van der Waals surface area (Å²) in [5.74, 6) is 0.763. The molecule has 2 bridgehead atoms. The van der Waals surface area contributed by atoms with Gasteiger partial charge in [0, 0.05) is 18.6 Å². The summed E-state index contributed by atoms with van der Waals surface area (Å²) in [6.07, 6.45) is 8.56. The molecule has 4 heteroatoms. The second-order valence-electron chi connectivity index (χ2n) is 7.05. The van der Waals surface area contributed by atoms with Gasteiger partial charge in [0.1, 0.15) is 0 Å². The summed E-state index contributed by atoms with van der Waals surface area (Å²) in [5.41, 5.74) is 5.09. The predicted molar refractivity (Wildman–Crippen MR) is 75.7 cm³/mol. The molecule has 0 aromatic carbocycles. The summed E-state index contributed by atoms with van der Waals surface area (Å²) >= 11 is 0. The number of hydrogen-bond donors (Lipinski definition) is 2. The number of carbonyl (C=O) groups is 1. The summed E-state index contributed by atoms with van der Waals surface area (Å²) in [4.78, 5) is 14.3. The average Bonchev–Trinajstić information content (AvgIpc) is 2.92. The molecule has 2 aliphatic carbocycles. The van der Waals surface area contributed by atoms with Gasteiger partial charge in [-0.05, 0) is 64.3 Å². The van der Waals surface area contributed by atoms with Crippen LogP contribution in [0.25, 0.3) is 0 Å². The van der Waals surface area contributed by atoms with Gasteiger partial charge in [-0.15, -0.1) is 0 Å². The van der Waals surface area contributed by atoms with Crippen molar-refractivity contribution in [1.29, 1.82) is 0 Å². The number of piperidine rings is 1. The smallest absolute Gasteiger partial charge is 0.237 e. The van der Waals surface area contributed by atoms with Gasteiger partial charge in [0.05, 0.1) is 5.54 Å². The molecule has 4 nitrogen and oxygen atoms in total. The fourth-order valence-electron chi connectivity index (χ4n) is 3.88. The van der Waals surface area contributed by atoms with E-state index >= 15 is 0 Å². The number of nitrogens with one attached hydrogen (secondary N) is 1. The van der Waals surface area contributed by atoms with Crippen LogP contribution < -0.4 is 11.1 Å². The fourth-order valence-corrected chi connectivity index (χ4v) is 3.88. The van der Waals surface area contributed by atoms with E-state index in [1.807, 2.05) is 6.92 Å². The van der Waals surface area contributed by atoms with Crippen molar-refractivity contribution in [1.82, 2.24) is 10.2 Å². The SMILES string of the molecule is CC(CCCN1CC2CCC1C2)(NC1CC1)C(N)=O. The fraction of sp³-hybridized carbons (Fsp3) is 0.933. The van der Waals surface area contributed by atoms with Crippen molar-refractivity contribution in [3.05, 3.63) is 0 Å². The van der Waals surface area contributed by atoms with Crippen LogP contribution in [0.1, 0.15) is 51.9 Å². The molecule has 3 unspecified atom stereocenters. The largest absolute Gasteiger partial charge is 0.368 e. The van der Waals surface area contributed by atoms with Gasteiger partial charge in [-0.1, -0.05) is 0 Å². The van der Waals surface area contributed by atoms with Gasteiger partial charge in [0.25, 0.3) is 0 Å². The Kier molecular flexibility index (Phi) is 3.56. The molecular formula is C15H27N3O. The second-order valence-corrected chi connectivity index (χ2v) is 7.05. The molecule has 3 N–H and O–H groups in total. The van der Waals surface area contributed by atoms with Crippen LogP contribution in [0.2, 0.25) is 0 Å². The summed E-state index contributed by atoms with van der Waals surface area (Å²) < 4.78 is 0. The first-order valence-electron chi connectivity index (χ1n) is 7.88. The summed E-state index contributed by atoms with van der Waals surface area (Å²) in [5, 5.41) is 3.43. The van der Waals surface area contributed by atoms with Gasteiger partial charge < -0.3 is 16.0 Å². The first kappa shape index (κ1) is 13.4. The minimum Gasteiger partial charge on any atom is -0.368 e. The lowest BCUT2D eigenvalue weighted by atomic mass is 9.94. The second kappa shape index (κ2) is 5.06. The van der Waals surface area contributed by atoms with Crippen LogP contribution in [0.5, 0.6) is 0 Å². The van der Waals surface area contributed by atoms with Gasteiger partial charge in [-0.3, -0.25) is 4.79 Å². The van der Waals surface area contributed by atoms with Crippen molar-refractivity contribution in [2.24, 2.45) is 11.7 Å². The van der Waals surface area contributed by atoms with Crippen LogP contribution in [-0.4, -0.2) is 41.5 Å². The molecule has 1 heterocycles. The van der Waals surface area contributed by atoms with E-state index in [-0.39, 0.29) is 5.91 Å². The first-order valence-corrected chi connectivity index (χ1v) is 7.88. The molecule has 3 aliphatic rings. The highest BCUT2D eigenvalue weighted by atomic mass is 16.1. The van der Waals surface area contributed by atoms with Gasteiger partial charge in [0.2, 0.25) is 5.91 Å². The molecule has 0 spiro atoms. The molecule has 1 aliphatic heterocycles. The average molecular weight is 265 g/mol. The molecule has 0 aromatic heterocycles. The van der Waals surface area contributed by atoms with Crippen LogP contribution in [0.3, 0.4) is 0 Å². The van der Waals surface area contributed by atoms with E-state index < -0.39 is 5.54 Å². The maximum absolute atomic E-state index is 11.7. The zero-order chi connectivity index (χ0) is 13.5. The molecule has 1 saturated heterocycles. The van der Waals surface area contributed by atoms with Crippen molar-refractivity contribution in [3.63, 3.8) is 0 Å². The van der Waals surface area contributed by atoms with E-state index in [9.17, 15) is 4.79 Å². The number of nitrogens with zero attached hydrogens (tertiary/aromatic N) is 1. The number of hydrogen-bond acceptors (Lipinski definition) is 3. The lowest BCUT2D eigenvalue weighted by molar-refractivity contribution is -0.124. The predicted octanol–water partition coefficient (Wildman–Crippen LogP) is 1.25. The topological polar surface area (TPSA) is 58.4 Å². The minimum atomic E-state index is -0.500. The number of amides is 1. The zero-order valence-electron chi connectivity index (χ0n) is 12.0. The van der Waals surface area contributed by atoms with Crippen LogP contribution in [0.15, 0.2) is 0 Å². The summed E-state index contributed by atoms with van der Waals surface area (Å²) in [7, 11) is 0. The molecule has 0 radical (unpaired) electrons. The van der Waals surface area contributed by atoms with Crippen molar-refractivity contribution < 1.29 is 4.79 Å². The molecule has 19 heavy (non-hydrogen) atoms. The molecule has 3 atom stereocenters. The highest BCUT2D eigenvalue weighted by molar-refractivity contribution is 5.84. The van der Waals surface area contributed by atoms with E-state index in [0.717, 1.165) is 31.3 Å². The lowest BCUT2D eigenvalue weighted by Gasteiger charge is -2.31. The van der Waals surface area contributed by atoms with E-state index in [4.69, 9.17) is 5.73 Å². The van der Waals surface area contributed by atoms with Crippen molar-refractivity contribution in [2.45, 2.75) is 69.5 Å². The van der Waals surface area contributed by atoms with E-state index in [2.05, 4.69) is 10.2 Å². The van der Waals surface area contributed by atoms with E-state index in [1.54, 1.807) is 0 Å². The quantitative estimate of drug-likeness (QED) is 0.728. The summed E-state index contributed by atoms with van der Waals surface area (Å²) in [6, 6.07) is 1.36. The number of carbonyl (C=O) groups excluding carboxylic acids is 1. The van der Waals surface area contributed by atoms with Crippen LogP contribution in [0, 0.1) is 5.92 Å². The number of likely N-dealkylation sites (tertiary alicyclic amines) is 1. The van der Waals surface area contributed by atoms with Crippen molar-refractivity contribution >= 4 is 5.91 Å². The Balaban J connectivity index is 1.45. The van der Waals surface area contributed by atoms with Gasteiger partial charge in [0.15, 0.2) is 0 Å². The number of fused-ring (bicyclic) bond motifs is 2. The standard InChI is InChI=1S/C15H27N3O/c1-15(14(16)19,17-12-4-5-12)7-2-8-18-10-11-3-6-13(18)9-11/h11-13,17H,2-10H2,1H3,(H2,16,19). The maximum Gasteiger partial charge on any atom is 0.237 e. The lowest BCUT2D eigenvalue weighted by Crippen LogP contribution is -2.54. The third-order valence-corrected chi connectivity index (χ3v) is 5.29. The van der Waals surface area contributed by atoms with Crippen LogP contribution >= 0.6 is 0 Å². The highest BCUT2D eigenvalue weighted by Crippen LogP contribution is 2.37. The molecule has 108 valence electrons. The molecule has 0 aromatic rings. The summed E-state index contributed by atoms with van der Waals surface area (Å²) in [6.45, 7) is 4.40. The Bertz CT molecular complexity index is 355. The molecular weight excluding hydrogens is 238 g/mol. The van der Waals surface area contributed by atoms with Crippen molar-refractivity contribution in [2.75, 3.05) is 13.1 Å². The third kappa shape index (κ3) is 2.95. The Hall–Kier alpha value is -0.610. The highest BCUT2D eigenvalue weighted by Gasteiger charge is 2.39. The zero-order valence-corrected chi connectivity index (χ0v) is 12.0. The molecule has 2 saturated carbocycles. The first-order chi connectivity index (χ1) is 9.07. The normalized spacial score (nSPS) is 33.5. The molecule has 3 rings (SSSR count). The Labute approximate surface area is 116 Å². The molecule has 3 fully saturated rings.